The lowest BCUT2D eigenvalue weighted by atomic mass is 10.1. The lowest BCUT2D eigenvalue weighted by Crippen LogP contribution is -2.09. The molecule has 3 aromatic carbocycles. The maximum Gasteiger partial charge on any atom is 0.336 e. The van der Waals surface area contributed by atoms with E-state index in [1.165, 1.54) is 37.3 Å². The second kappa shape index (κ2) is 10.5. The summed E-state index contributed by atoms with van der Waals surface area (Å²) in [5, 5.41) is 0. The van der Waals surface area contributed by atoms with Gasteiger partial charge in [-0.1, -0.05) is 60.7 Å². The van der Waals surface area contributed by atoms with E-state index < -0.39 is 11.9 Å². The Labute approximate surface area is 180 Å². The minimum atomic E-state index is -0.654. The van der Waals surface area contributed by atoms with Gasteiger partial charge in [-0.2, -0.15) is 0 Å². The van der Waals surface area contributed by atoms with E-state index in [-0.39, 0.29) is 22.8 Å². The first kappa shape index (κ1) is 21.5. The summed E-state index contributed by atoms with van der Waals surface area (Å²) in [6.45, 7) is 1.36. The third kappa shape index (κ3) is 6.65. The summed E-state index contributed by atoms with van der Waals surface area (Å²) in [5.41, 5.74) is 1.89. The molecule has 0 aliphatic carbocycles. The molecule has 0 amide bonds. The molecule has 3 aromatic rings. The van der Waals surface area contributed by atoms with Crippen molar-refractivity contribution in [2.24, 2.45) is 0 Å². The average molecular weight is 412 g/mol. The van der Waals surface area contributed by atoms with Crippen LogP contribution in [0.3, 0.4) is 0 Å². The SMILES string of the molecule is CC(=O)c1ccc(OC(=O)/C=C/c2ccccc2)cc1OC(=O)/C=C/c1ccccc1. The Morgan fingerprint density at radius 3 is 1.71 bits per heavy atom. The zero-order chi connectivity index (χ0) is 22.1. The maximum atomic E-state index is 12.2. The van der Waals surface area contributed by atoms with Crippen LogP contribution in [0, 0.1) is 0 Å². The standard InChI is InChI=1S/C26H20O5/c1-19(27)23-15-14-22(30-25(28)16-12-20-8-4-2-5-9-20)18-24(23)31-26(29)17-13-21-10-6-3-7-11-21/h2-18H,1H3/b16-12+,17-13+. The minimum Gasteiger partial charge on any atom is -0.423 e. The minimum absolute atomic E-state index is 0.0209. The average Bonchev–Trinajstić information content (AvgIpc) is 2.78. The van der Waals surface area contributed by atoms with E-state index in [1.807, 2.05) is 60.7 Å². The molecule has 0 unspecified atom stereocenters. The molecule has 0 bridgehead atoms. The van der Waals surface area contributed by atoms with E-state index in [0.717, 1.165) is 11.1 Å². The number of esters is 2. The number of carbonyl (C=O) groups excluding carboxylic acids is 3. The van der Waals surface area contributed by atoms with Crippen LogP contribution in [-0.2, 0) is 9.59 Å². The quantitative estimate of drug-likeness (QED) is 0.233. The summed E-state index contributed by atoms with van der Waals surface area (Å²) in [6.07, 6.45) is 5.79. The molecule has 0 saturated carbocycles. The second-order valence-electron chi connectivity index (χ2n) is 6.54. The smallest absolute Gasteiger partial charge is 0.336 e. The highest BCUT2D eigenvalue weighted by atomic mass is 16.5. The van der Waals surface area contributed by atoms with Crippen molar-refractivity contribution in [1.82, 2.24) is 0 Å². The molecular weight excluding hydrogens is 392 g/mol. The van der Waals surface area contributed by atoms with E-state index >= 15 is 0 Å². The molecule has 0 radical (unpaired) electrons. The number of carbonyl (C=O) groups is 3. The van der Waals surface area contributed by atoms with Crippen molar-refractivity contribution in [3.8, 4) is 11.5 Å². The van der Waals surface area contributed by atoms with Gasteiger partial charge >= 0.3 is 11.9 Å². The molecule has 5 heteroatoms. The molecule has 0 saturated heterocycles. The molecule has 0 atom stereocenters. The zero-order valence-electron chi connectivity index (χ0n) is 16.9. The highest BCUT2D eigenvalue weighted by molar-refractivity contribution is 5.99. The normalized spacial score (nSPS) is 10.9. The van der Waals surface area contributed by atoms with Crippen molar-refractivity contribution < 1.29 is 23.9 Å². The topological polar surface area (TPSA) is 69.7 Å². The summed E-state index contributed by atoms with van der Waals surface area (Å²) in [7, 11) is 0. The Kier molecular flexibility index (Phi) is 7.27. The number of rotatable bonds is 7. The molecular formula is C26H20O5. The first-order valence-corrected chi connectivity index (χ1v) is 9.56. The van der Waals surface area contributed by atoms with E-state index in [9.17, 15) is 14.4 Å². The molecule has 0 N–H and O–H groups in total. The van der Waals surface area contributed by atoms with E-state index in [2.05, 4.69) is 0 Å². The van der Waals surface area contributed by atoms with Crippen molar-refractivity contribution in [3.05, 3.63) is 108 Å². The largest absolute Gasteiger partial charge is 0.423 e. The van der Waals surface area contributed by atoms with Gasteiger partial charge in [0.25, 0.3) is 0 Å². The zero-order valence-corrected chi connectivity index (χ0v) is 16.9. The number of hydrogen-bond donors (Lipinski definition) is 0. The lowest BCUT2D eigenvalue weighted by molar-refractivity contribution is -0.129. The van der Waals surface area contributed by atoms with Gasteiger partial charge in [0, 0.05) is 18.2 Å². The van der Waals surface area contributed by atoms with Gasteiger partial charge in [-0.15, -0.1) is 0 Å². The molecule has 3 rings (SSSR count). The highest BCUT2D eigenvalue weighted by Crippen LogP contribution is 2.26. The van der Waals surface area contributed by atoms with E-state index in [1.54, 1.807) is 12.2 Å². The Bertz CT molecular complexity index is 1130. The molecule has 0 heterocycles. The second-order valence-corrected chi connectivity index (χ2v) is 6.54. The van der Waals surface area contributed by atoms with Crippen LogP contribution in [0.2, 0.25) is 0 Å². The molecule has 0 aliphatic rings. The van der Waals surface area contributed by atoms with Crippen LogP contribution in [0.25, 0.3) is 12.2 Å². The van der Waals surface area contributed by atoms with Gasteiger partial charge < -0.3 is 9.47 Å². The van der Waals surface area contributed by atoms with Crippen LogP contribution in [0.1, 0.15) is 28.4 Å². The Hall–Kier alpha value is -4.25. The van der Waals surface area contributed by atoms with Crippen LogP contribution in [0.15, 0.2) is 91.0 Å². The van der Waals surface area contributed by atoms with Gasteiger partial charge in [-0.05, 0) is 42.3 Å². The predicted molar refractivity (Wildman–Crippen MR) is 119 cm³/mol. The van der Waals surface area contributed by atoms with Crippen LogP contribution < -0.4 is 9.47 Å². The third-order valence-electron chi connectivity index (χ3n) is 4.18. The monoisotopic (exact) mass is 412 g/mol. The number of ketones is 1. The maximum absolute atomic E-state index is 12.2. The van der Waals surface area contributed by atoms with Gasteiger partial charge in [0.05, 0.1) is 5.56 Å². The molecule has 154 valence electrons. The fourth-order valence-corrected chi connectivity index (χ4v) is 2.69. The Morgan fingerprint density at radius 2 is 1.19 bits per heavy atom. The fraction of sp³-hybridized carbons (Fsp3) is 0.0385. The Morgan fingerprint density at radius 1 is 0.677 bits per heavy atom. The predicted octanol–water partition coefficient (Wildman–Crippen LogP) is 5.13. The van der Waals surface area contributed by atoms with Crippen molar-refractivity contribution in [2.45, 2.75) is 6.92 Å². The van der Waals surface area contributed by atoms with Crippen LogP contribution >= 0.6 is 0 Å². The Balaban J connectivity index is 1.72. The lowest BCUT2D eigenvalue weighted by Gasteiger charge is -2.09. The number of Topliss-reactive ketones (excluding diaryl/α,β-unsaturated/α-hetero) is 1. The summed E-state index contributed by atoms with van der Waals surface area (Å²) in [4.78, 5) is 36.2. The van der Waals surface area contributed by atoms with Gasteiger partial charge in [0.2, 0.25) is 0 Å². The van der Waals surface area contributed by atoms with E-state index in [0.29, 0.717) is 0 Å². The van der Waals surface area contributed by atoms with Crippen molar-refractivity contribution >= 4 is 29.9 Å². The van der Waals surface area contributed by atoms with Crippen LogP contribution in [-0.4, -0.2) is 17.7 Å². The van der Waals surface area contributed by atoms with E-state index in [4.69, 9.17) is 9.47 Å². The summed E-state index contributed by atoms with van der Waals surface area (Å²) >= 11 is 0. The summed E-state index contributed by atoms with van der Waals surface area (Å²) in [6, 6.07) is 22.8. The van der Waals surface area contributed by atoms with Gasteiger partial charge in [0.1, 0.15) is 11.5 Å². The van der Waals surface area contributed by atoms with Crippen LogP contribution in [0.4, 0.5) is 0 Å². The number of ether oxygens (including phenoxy) is 2. The highest BCUT2D eigenvalue weighted by Gasteiger charge is 2.14. The van der Waals surface area contributed by atoms with Gasteiger partial charge in [0.15, 0.2) is 5.78 Å². The molecule has 0 aromatic heterocycles. The fourth-order valence-electron chi connectivity index (χ4n) is 2.69. The molecule has 0 fully saturated rings. The van der Waals surface area contributed by atoms with Crippen LogP contribution in [0.5, 0.6) is 11.5 Å². The third-order valence-corrected chi connectivity index (χ3v) is 4.18. The molecule has 5 nitrogen and oxygen atoms in total. The first-order valence-electron chi connectivity index (χ1n) is 9.56. The van der Waals surface area contributed by atoms with Gasteiger partial charge in [-0.25, -0.2) is 9.59 Å². The van der Waals surface area contributed by atoms with Crippen molar-refractivity contribution in [3.63, 3.8) is 0 Å². The summed E-state index contributed by atoms with van der Waals surface area (Å²) < 4.78 is 10.6. The molecule has 0 aliphatic heterocycles. The van der Waals surface area contributed by atoms with Crippen molar-refractivity contribution in [1.29, 1.82) is 0 Å². The van der Waals surface area contributed by atoms with Gasteiger partial charge in [-0.3, -0.25) is 4.79 Å². The number of benzene rings is 3. The van der Waals surface area contributed by atoms with Crippen molar-refractivity contribution in [2.75, 3.05) is 0 Å². The summed E-state index contributed by atoms with van der Waals surface area (Å²) in [5.74, 6) is -1.36. The first-order chi connectivity index (χ1) is 15.0. The molecule has 31 heavy (non-hydrogen) atoms. The number of hydrogen-bond acceptors (Lipinski definition) is 5. The molecule has 0 spiro atoms.